The van der Waals surface area contributed by atoms with Gasteiger partial charge in [0.2, 0.25) is 0 Å². The van der Waals surface area contributed by atoms with Gasteiger partial charge in [-0.15, -0.1) is 11.3 Å². The van der Waals surface area contributed by atoms with E-state index in [9.17, 15) is 13.2 Å². The van der Waals surface area contributed by atoms with Gasteiger partial charge in [0.05, 0.1) is 0 Å². The zero-order chi connectivity index (χ0) is 20.9. The lowest BCUT2D eigenvalue weighted by Crippen LogP contribution is -2.53. The number of hydrogen-bond donors (Lipinski definition) is 0. The lowest BCUT2D eigenvalue weighted by Gasteiger charge is -2.35. The summed E-state index contributed by atoms with van der Waals surface area (Å²) in [5, 5.41) is 1.44. The van der Waals surface area contributed by atoms with Crippen LogP contribution in [0.1, 0.15) is 11.1 Å². The third-order valence-electron chi connectivity index (χ3n) is 5.56. The smallest absolute Gasteiger partial charge is 0.320 e. The second-order valence-electron chi connectivity index (χ2n) is 7.42. The van der Waals surface area contributed by atoms with E-state index >= 15 is 0 Å². The molecule has 10 heteroatoms. The summed E-state index contributed by atoms with van der Waals surface area (Å²) in [4.78, 5) is 20.5. The van der Waals surface area contributed by atoms with Crippen molar-refractivity contribution in [2.45, 2.75) is 17.3 Å². The molecule has 0 radical (unpaired) electrons. The summed E-state index contributed by atoms with van der Waals surface area (Å²) in [5.74, 6) is 0. The van der Waals surface area contributed by atoms with Gasteiger partial charge in [0, 0.05) is 61.4 Å². The maximum atomic E-state index is 13.1. The van der Waals surface area contributed by atoms with Crippen molar-refractivity contribution in [3.63, 3.8) is 0 Å². The predicted octanol–water partition coefficient (Wildman–Crippen LogP) is 3.39. The molecule has 0 aliphatic carbocycles. The van der Waals surface area contributed by atoms with E-state index in [-0.39, 0.29) is 19.1 Å². The highest BCUT2D eigenvalue weighted by Gasteiger charge is 2.34. The maximum absolute atomic E-state index is 13.1. The maximum Gasteiger partial charge on any atom is 0.320 e. The molecule has 4 heterocycles. The van der Waals surface area contributed by atoms with Crippen LogP contribution in [0.3, 0.4) is 0 Å². The summed E-state index contributed by atoms with van der Waals surface area (Å²) < 4.78 is 28.8. The molecule has 0 unspecified atom stereocenters. The predicted molar refractivity (Wildman–Crippen MR) is 116 cm³/mol. The first kappa shape index (κ1) is 19.7. The molecule has 3 aromatic rings. The largest absolute Gasteiger partial charge is 0.322 e. The summed E-state index contributed by atoms with van der Waals surface area (Å²) in [6, 6.07) is 8.93. The average molecular weight is 463 g/mol. The fourth-order valence-corrected chi connectivity index (χ4v) is 7.16. The van der Waals surface area contributed by atoms with Crippen LogP contribution < -0.4 is 0 Å². The minimum Gasteiger partial charge on any atom is -0.322 e. The highest BCUT2D eigenvalue weighted by Crippen LogP contribution is 2.33. The number of aromatic nitrogens is 1. The second-order valence-corrected chi connectivity index (χ2v) is 11.1. The quantitative estimate of drug-likeness (QED) is 0.585. The molecule has 0 bridgehead atoms. The van der Waals surface area contributed by atoms with Crippen LogP contribution in [0.4, 0.5) is 4.79 Å². The Bertz CT molecular complexity index is 1210. The van der Waals surface area contributed by atoms with Gasteiger partial charge in [-0.3, -0.25) is 4.98 Å². The number of sulfonamides is 1. The Balaban J connectivity index is 1.26. The first-order chi connectivity index (χ1) is 14.4. The highest BCUT2D eigenvalue weighted by molar-refractivity contribution is 7.91. The first-order valence-electron chi connectivity index (χ1n) is 9.57. The monoisotopic (exact) mass is 462 g/mol. The van der Waals surface area contributed by atoms with E-state index < -0.39 is 10.0 Å². The summed E-state index contributed by atoms with van der Waals surface area (Å²) in [5.41, 5.74) is 2.18. The summed E-state index contributed by atoms with van der Waals surface area (Å²) in [7, 11) is -3.60. The van der Waals surface area contributed by atoms with Crippen molar-refractivity contribution in [3.05, 3.63) is 58.9 Å². The number of halogens is 1. The van der Waals surface area contributed by atoms with Crippen molar-refractivity contribution in [1.29, 1.82) is 0 Å². The number of pyridine rings is 1. The summed E-state index contributed by atoms with van der Waals surface area (Å²) in [6.07, 6.45) is 3.53. The number of piperazine rings is 1. The van der Waals surface area contributed by atoms with Gasteiger partial charge in [0.15, 0.2) is 0 Å². The van der Waals surface area contributed by atoms with E-state index in [1.807, 2.05) is 12.1 Å². The Hall–Kier alpha value is -2.20. The number of hydrogen-bond acceptors (Lipinski definition) is 5. The summed E-state index contributed by atoms with van der Waals surface area (Å²) in [6.45, 7) is 2.43. The number of rotatable bonds is 2. The van der Waals surface area contributed by atoms with Gasteiger partial charge in [-0.1, -0.05) is 17.7 Å². The molecular weight excluding hydrogens is 444 g/mol. The number of amides is 2. The van der Waals surface area contributed by atoms with E-state index in [2.05, 4.69) is 4.98 Å². The Morgan fingerprint density at radius 1 is 1.00 bits per heavy atom. The minimum atomic E-state index is -3.60. The number of fused-ring (bicyclic) bond motifs is 2. The van der Waals surface area contributed by atoms with E-state index in [0.29, 0.717) is 35.4 Å². The molecule has 5 rings (SSSR count). The van der Waals surface area contributed by atoms with E-state index in [4.69, 9.17) is 11.6 Å². The molecule has 2 aliphatic rings. The van der Waals surface area contributed by atoms with Crippen molar-refractivity contribution < 1.29 is 13.2 Å². The molecule has 0 N–H and O–H groups in total. The molecule has 156 valence electrons. The highest BCUT2D eigenvalue weighted by atomic mass is 35.5. The first-order valence-corrected chi connectivity index (χ1v) is 12.2. The van der Waals surface area contributed by atoms with E-state index in [0.717, 1.165) is 21.2 Å². The van der Waals surface area contributed by atoms with Crippen LogP contribution in [0.5, 0.6) is 0 Å². The number of benzene rings is 1. The fourth-order valence-electron chi connectivity index (χ4n) is 3.91. The third kappa shape index (κ3) is 3.45. The van der Waals surface area contributed by atoms with Crippen LogP contribution in [-0.2, 0) is 23.1 Å². The van der Waals surface area contributed by atoms with E-state index in [1.54, 1.807) is 40.4 Å². The van der Waals surface area contributed by atoms with E-state index in [1.165, 1.54) is 15.6 Å². The molecule has 2 aliphatic heterocycles. The zero-order valence-electron chi connectivity index (χ0n) is 16.0. The molecule has 1 saturated heterocycles. The molecule has 7 nitrogen and oxygen atoms in total. The Morgan fingerprint density at radius 2 is 1.77 bits per heavy atom. The third-order valence-corrected chi connectivity index (χ3v) is 9.24. The van der Waals surface area contributed by atoms with Crippen molar-refractivity contribution in [1.82, 2.24) is 19.1 Å². The molecule has 0 saturated carbocycles. The van der Waals surface area contributed by atoms with Gasteiger partial charge in [-0.2, -0.15) is 4.31 Å². The standard InChI is InChI=1S/C20H19ClN4O3S2/c21-17-2-1-14-9-19(29-18(14)10-17)30(27,28)25-7-5-23(6-8-25)20(26)24-12-15-3-4-22-11-16(15)13-24/h1-4,9-11H,5-8,12-13H2. The zero-order valence-corrected chi connectivity index (χ0v) is 18.4. The average Bonchev–Trinajstić information content (AvgIpc) is 3.37. The van der Waals surface area contributed by atoms with Gasteiger partial charge >= 0.3 is 6.03 Å². The topological polar surface area (TPSA) is 73.8 Å². The second kappa shape index (κ2) is 7.49. The Labute approximate surface area is 183 Å². The van der Waals surface area contributed by atoms with Crippen LogP contribution in [0.2, 0.25) is 5.02 Å². The lowest BCUT2D eigenvalue weighted by molar-refractivity contribution is 0.134. The van der Waals surface area contributed by atoms with Crippen LogP contribution >= 0.6 is 22.9 Å². The van der Waals surface area contributed by atoms with Gasteiger partial charge in [-0.05, 0) is 40.8 Å². The molecule has 0 spiro atoms. The van der Waals surface area contributed by atoms with Crippen molar-refractivity contribution >= 4 is 49.1 Å². The fraction of sp³-hybridized carbons (Fsp3) is 0.300. The Morgan fingerprint density at radius 3 is 2.53 bits per heavy atom. The molecule has 0 atom stereocenters. The van der Waals surface area contributed by atoms with Gasteiger partial charge in [0.25, 0.3) is 10.0 Å². The summed E-state index contributed by atoms with van der Waals surface area (Å²) >= 11 is 7.25. The van der Waals surface area contributed by atoms with Crippen LogP contribution in [-0.4, -0.2) is 59.7 Å². The number of thiophene rings is 1. The number of urea groups is 1. The molecule has 2 aromatic heterocycles. The normalized spacial score (nSPS) is 17.5. The Kier molecular flexibility index (Phi) is 4.93. The molecule has 30 heavy (non-hydrogen) atoms. The van der Waals surface area contributed by atoms with Gasteiger partial charge in [-0.25, -0.2) is 13.2 Å². The van der Waals surface area contributed by atoms with Crippen molar-refractivity contribution in [2.75, 3.05) is 26.2 Å². The molecule has 1 aromatic carbocycles. The number of carbonyl (C=O) groups is 1. The number of nitrogens with zero attached hydrogens (tertiary/aromatic N) is 4. The SMILES string of the molecule is O=C(N1CCN(S(=O)(=O)c2cc3ccc(Cl)cc3s2)CC1)N1Cc2ccncc2C1. The van der Waals surface area contributed by atoms with Crippen LogP contribution in [0.15, 0.2) is 46.9 Å². The molecular formula is C20H19ClN4O3S2. The van der Waals surface area contributed by atoms with Crippen LogP contribution in [0, 0.1) is 0 Å². The van der Waals surface area contributed by atoms with Crippen molar-refractivity contribution in [2.24, 2.45) is 0 Å². The van der Waals surface area contributed by atoms with Gasteiger partial charge in [0.1, 0.15) is 4.21 Å². The lowest BCUT2D eigenvalue weighted by atomic mass is 10.2. The van der Waals surface area contributed by atoms with Crippen molar-refractivity contribution in [3.8, 4) is 0 Å². The van der Waals surface area contributed by atoms with Crippen LogP contribution in [0.25, 0.3) is 10.1 Å². The molecule has 1 fully saturated rings. The minimum absolute atomic E-state index is 0.0558. The number of carbonyl (C=O) groups excluding carboxylic acids is 1. The molecule has 2 amide bonds. The van der Waals surface area contributed by atoms with Gasteiger partial charge < -0.3 is 9.80 Å².